The summed E-state index contributed by atoms with van der Waals surface area (Å²) in [6.45, 7) is 10.2. The number of allylic oxidation sites excluding steroid dienone is 5. The van der Waals surface area contributed by atoms with Crippen molar-refractivity contribution in [2.75, 3.05) is 0 Å². The van der Waals surface area contributed by atoms with Crippen LogP contribution in [-0.2, 0) is 0 Å². The first-order valence-electron chi connectivity index (χ1n) is 4.62. The minimum Gasteiger partial charge on any atom is -0.102 e. The average Bonchev–Trinajstić information content (AvgIpc) is 2.04. The lowest BCUT2D eigenvalue weighted by Gasteiger charge is -2.01. The molecule has 0 fully saturated rings. The standard InChI is InChI=1S/C12H20/c1-5-8-12(4)10-7-9-11(3)6-2/h5-9,11-12H,2,10H2,1,3-4H3/b8-5+,9-7+. The first-order valence-corrected chi connectivity index (χ1v) is 4.62. The van der Waals surface area contributed by atoms with Crippen LogP contribution < -0.4 is 0 Å². The van der Waals surface area contributed by atoms with E-state index in [9.17, 15) is 0 Å². The minimum atomic E-state index is 0.503. The molecule has 0 aromatic rings. The third-order valence-corrected chi connectivity index (χ3v) is 1.84. The van der Waals surface area contributed by atoms with Gasteiger partial charge in [0.1, 0.15) is 0 Å². The molecule has 0 N–H and O–H groups in total. The first-order chi connectivity index (χ1) is 5.70. The lowest BCUT2D eigenvalue weighted by Crippen LogP contribution is -1.87. The number of rotatable bonds is 5. The van der Waals surface area contributed by atoms with Crippen LogP contribution in [0.15, 0.2) is 37.0 Å². The molecule has 0 aliphatic carbocycles. The maximum absolute atomic E-state index is 3.73. The van der Waals surface area contributed by atoms with Crippen molar-refractivity contribution in [1.82, 2.24) is 0 Å². The Kier molecular flexibility index (Phi) is 6.45. The number of hydrogen-bond donors (Lipinski definition) is 0. The molecular weight excluding hydrogens is 144 g/mol. The van der Waals surface area contributed by atoms with Gasteiger partial charge in [-0.2, -0.15) is 0 Å². The Morgan fingerprint density at radius 3 is 2.42 bits per heavy atom. The van der Waals surface area contributed by atoms with Crippen LogP contribution in [0, 0.1) is 11.8 Å². The van der Waals surface area contributed by atoms with Gasteiger partial charge in [-0.25, -0.2) is 0 Å². The van der Waals surface area contributed by atoms with E-state index in [1.54, 1.807) is 0 Å². The van der Waals surface area contributed by atoms with Crippen molar-refractivity contribution in [2.24, 2.45) is 11.8 Å². The highest BCUT2D eigenvalue weighted by molar-refractivity contribution is 4.97. The summed E-state index contributed by atoms with van der Waals surface area (Å²) in [5, 5.41) is 0. The van der Waals surface area contributed by atoms with E-state index >= 15 is 0 Å². The second-order valence-corrected chi connectivity index (χ2v) is 3.26. The van der Waals surface area contributed by atoms with Crippen LogP contribution in [0.3, 0.4) is 0 Å². The molecule has 0 aliphatic heterocycles. The molecule has 0 aromatic carbocycles. The van der Waals surface area contributed by atoms with E-state index in [1.807, 2.05) is 6.08 Å². The Labute approximate surface area is 76.7 Å². The largest absolute Gasteiger partial charge is 0.102 e. The predicted molar refractivity (Wildman–Crippen MR) is 57.1 cm³/mol. The summed E-state index contributed by atoms with van der Waals surface area (Å²) in [6, 6.07) is 0. The van der Waals surface area contributed by atoms with Gasteiger partial charge in [0, 0.05) is 0 Å². The summed E-state index contributed by atoms with van der Waals surface area (Å²) in [5.41, 5.74) is 0. The zero-order valence-corrected chi connectivity index (χ0v) is 8.46. The quantitative estimate of drug-likeness (QED) is 0.539. The van der Waals surface area contributed by atoms with Gasteiger partial charge in [0.15, 0.2) is 0 Å². The second-order valence-electron chi connectivity index (χ2n) is 3.26. The van der Waals surface area contributed by atoms with Crippen LogP contribution in [0.4, 0.5) is 0 Å². The molecule has 0 saturated heterocycles. The smallest absolute Gasteiger partial charge is 0.00846 e. The van der Waals surface area contributed by atoms with Gasteiger partial charge in [0.25, 0.3) is 0 Å². The highest BCUT2D eigenvalue weighted by Gasteiger charge is 1.92. The maximum Gasteiger partial charge on any atom is -0.00846 e. The zero-order valence-electron chi connectivity index (χ0n) is 8.46. The van der Waals surface area contributed by atoms with Crippen LogP contribution >= 0.6 is 0 Å². The molecule has 0 aromatic heterocycles. The highest BCUT2D eigenvalue weighted by Crippen LogP contribution is 2.06. The molecule has 0 spiro atoms. The Morgan fingerprint density at radius 2 is 1.92 bits per heavy atom. The topological polar surface area (TPSA) is 0 Å². The monoisotopic (exact) mass is 164 g/mol. The fourth-order valence-corrected chi connectivity index (χ4v) is 0.994. The molecule has 0 saturated carbocycles. The summed E-state index contributed by atoms with van der Waals surface area (Å²) in [5.74, 6) is 1.16. The fourth-order valence-electron chi connectivity index (χ4n) is 0.994. The fraction of sp³-hybridized carbons (Fsp3) is 0.500. The van der Waals surface area contributed by atoms with Gasteiger partial charge in [0.05, 0.1) is 0 Å². The van der Waals surface area contributed by atoms with Gasteiger partial charge in [-0.05, 0) is 25.2 Å². The Bertz CT molecular complexity index is 163. The Balaban J connectivity index is 3.66. The molecule has 0 heteroatoms. The molecule has 0 radical (unpaired) electrons. The van der Waals surface area contributed by atoms with Crippen LogP contribution in [0.5, 0.6) is 0 Å². The highest BCUT2D eigenvalue weighted by atomic mass is 14.0. The van der Waals surface area contributed by atoms with Crippen molar-refractivity contribution in [2.45, 2.75) is 27.2 Å². The van der Waals surface area contributed by atoms with E-state index in [4.69, 9.17) is 0 Å². The molecule has 2 atom stereocenters. The summed E-state index contributed by atoms with van der Waals surface area (Å²) >= 11 is 0. The third-order valence-electron chi connectivity index (χ3n) is 1.84. The van der Waals surface area contributed by atoms with Crippen molar-refractivity contribution >= 4 is 0 Å². The van der Waals surface area contributed by atoms with Crippen LogP contribution in [-0.4, -0.2) is 0 Å². The van der Waals surface area contributed by atoms with Crippen molar-refractivity contribution in [3.63, 3.8) is 0 Å². The first kappa shape index (κ1) is 11.2. The van der Waals surface area contributed by atoms with E-state index < -0.39 is 0 Å². The molecule has 2 unspecified atom stereocenters. The van der Waals surface area contributed by atoms with Crippen LogP contribution in [0.2, 0.25) is 0 Å². The van der Waals surface area contributed by atoms with Gasteiger partial charge in [-0.15, -0.1) is 6.58 Å². The van der Waals surface area contributed by atoms with E-state index in [1.165, 1.54) is 0 Å². The zero-order chi connectivity index (χ0) is 9.40. The van der Waals surface area contributed by atoms with Crippen molar-refractivity contribution in [3.8, 4) is 0 Å². The number of hydrogen-bond acceptors (Lipinski definition) is 0. The van der Waals surface area contributed by atoms with Crippen molar-refractivity contribution < 1.29 is 0 Å². The van der Waals surface area contributed by atoms with Gasteiger partial charge < -0.3 is 0 Å². The lowest BCUT2D eigenvalue weighted by molar-refractivity contribution is 0.738. The predicted octanol–water partition coefficient (Wildman–Crippen LogP) is 3.97. The SMILES string of the molecule is C=CC(C)/C=C/CC(C)/C=C/C. The van der Waals surface area contributed by atoms with E-state index in [2.05, 4.69) is 51.7 Å². The van der Waals surface area contributed by atoms with E-state index in [0.717, 1.165) is 6.42 Å². The minimum absolute atomic E-state index is 0.503. The van der Waals surface area contributed by atoms with Gasteiger partial charge in [-0.1, -0.05) is 44.2 Å². The van der Waals surface area contributed by atoms with Gasteiger partial charge >= 0.3 is 0 Å². The molecule has 0 rings (SSSR count). The van der Waals surface area contributed by atoms with Crippen molar-refractivity contribution in [3.05, 3.63) is 37.0 Å². The van der Waals surface area contributed by atoms with Crippen LogP contribution in [0.25, 0.3) is 0 Å². The molecule has 0 bridgehead atoms. The molecule has 0 amide bonds. The summed E-state index contributed by atoms with van der Waals surface area (Å²) in [7, 11) is 0. The average molecular weight is 164 g/mol. The Hall–Kier alpha value is -0.780. The van der Waals surface area contributed by atoms with E-state index in [-0.39, 0.29) is 0 Å². The molecule has 0 nitrogen and oxygen atoms in total. The van der Waals surface area contributed by atoms with E-state index in [0.29, 0.717) is 11.8 Å². The second kappa shape index (κ2) is 6.90. The summed E-state index contributed by atoms with van der Waals surface area (Å²) in [4.78, 5) is 0. The van der Waals surface area contributed by atoms with Gasteiger partial charge in [-0.3, -0.25) is 0 Å². The molecule has 68 valence electrons. The summed E-state index contributed by atoms with van der Waals surface area (Å²) < 4.78 is 0. The maximum atomic E-state index is 3.73. The molecule has 0 aliphatic rings. The van der Waals surface area contributed by atoms with Crippen LogP contribution in [0.1, 0.15) is 27.2 Å². The molecule has 12 heavy (non-hydrogen) atoms. The summed E-state index contributed by atoms with van der Waals surface area (Å²) in [6.07, 6.45) is 11.8. The Morgan fingerprint density at radius 1 is 1.25 bits per heavy atom. The third kappa shape index (κ3) is 5.96. The van der Waals surface area contributed by atoms with Crippen molar-refractivity contribution in [1.29, 1.82) is 0 Å². The normalized spacial score (nSPS) is 16.9. The lowest BCUT2D eigenvalue weighted by atomic mass is 10.1. The van der Waals surface area contributed by atoms with Gasteiger partial charge in [0.2, 0.25) is 0 Å². The molecule has 0 heterocycles. The molecular formula is C12H20.